The predicted molar refractivity (Wildman–Crippen MR) is 47.2 cm³/mol. The van der Waals surface area contributed by atoms with E-state index in [1.807, 2.05) is 12.1 Å². The third-order valence-electron chi connectivity index (χ3n) is 1.78. The zero-order valence-electron chi connectivity index (χ0n) is 7.63. The molecule has 0 N–H and O–H groups in total. The van der Waals surface area contributed by atoms with Crippen molar-refractivity contribution in [3.8, 4) is 0 Å². The number of benzene rings is 1. The molecule has 0 saturated carbocycles. The van der Waals surface area contributed by atoms with Crippen LogP contribution in [0.25, 0.3) is 11.0 Å². The van der Waals surface area contributed by atoms with Gasteiger partial charge in [0.15, 0.2) is 0 Å². The van der Waals surface area contributed by atoms with Crippen LogP contribution in [0.2, 0.25) is 0 Å². The van der Waals surface area contributed by atoms with Crippen molar-refractivity contribution >= 4 is 11.0 Å². The molecule has 0 saturated heterocycles. The van der Waals surface area contributed by atoms with E-state index >= 15 is 0 Å². The van der Waals surface area contributed by atoms with E-state index in [0.29, 0.717) is 11.1 Å². The van der Waals surface area contributed by atoms with Gasteiger partial charge in [-0.3, -0.25) is 0 Å². The minimum atomic E-state index is -0.573. The standard InChI is InChI=1S/C10H8O2/c1-7-6-10(11)12-9-5-3-2-4-8(7)9/h2-6H,1H3/i6D. The summed E-state index contributed by atoms with van der Waals surface area (Å²) in [6.45, 7) is 1.75. The summed E-state index contributed by atoms with van der Waals surface area (Å²) in [5.41, 5.74) is 0.643. The molecule has 0 aliphatic heterocycles. The van der Waals surface area contributed by atoms with Crippen molar-refractivity contribution in [3.05, 3.63) is 46.3 Å². The van der Waals surface area contributed by atoms with Gasteiger partial charge in [0.25, 0.3) is 0 Å². The van der Waals surface area contributed by atoms with Gasteiger partial charge in [-0.1, -0.05) is 18.2 Å². The fraction of sp³-hybridized carbons (Fsp3) is 0.100. The molecule has 0 fully saturated rings. The summed E-state index contributed by atoms with van der Waals surface area (Å²) in [4.78, 5) is 11.1. The topological polar surface area (TPSA) is 30.2 Å². The van der Waals surface area contributed by atoms with E-state index in [0.717, 1.165) is 5.39 Å². The van der Waals surface area contributed by atoms with Crippen LogP contribution in [0, 0.1) is 6.92 Å². The van der Waals surface area contributed by atoms with Gasteiger partial charge in [-0.2, -0.15) is 0 Å². The van der Waals surface area contributed by atoms with Crippen molar-refractivity contribution in [1.82, 2.24) is 0 Å². The monoisotopic (exact) mass is 161 g/mol. The molecule has 60 valence electrons. The third kappa shape index (κ3) is 1.01. The Bertz CT molecular complexity index is 514. The highest BCUT2D eigenvalue weighted by atomic mass is 16.4. The summed E-state index contributed by atoms with van der Waals surface area (Å²) in [7, 11) is 0. The molecule has 1 aromatic carbocycles. The number of para-hydroxylation sites is 1. The lowest BCUT2D eigenvalue weighted by atomic mass is 10.1. The van der Waals surface area contributed by atoms with Crippen molar-refractivity contribution < 1.29 is 5.79 Å². The minimum absolute atomic E-state index is 0.0568. The Hall–Kier alpha value is -1.57. The van der Waals surface area contributed by atoms with E-state index in [2.05, 4.69) is 0 Å². The lowest BCUT2D eigenvalue weighted by molar-refractivity contribution is 0.560. The molecule has 12 heavy (non-hydrogen) atoms. The Balaban J connectivity index is 3.02. The summed E-state index contributed by atoms with van der Waals surface area (Å²) >= 11 is 0. The fourth-order valence-electron chi connectivity index (χ4n) is 1.21. The highest BCUT2D eigenvalue weighted by Crippen LogP contribution is 2.14. The van der Waals surface area contributed by atoms with Crippen molar-refractivity contribution in [2.75, 3.05) is 0 Å². The number of rotatable bonds is 0. The normalized spacial score (nSPS) is 11.6. The van der Waals surface area contributed by atoms with E-state index in [1.165, 1.54) is 0 Å². The van der Waals surface area contributed by atoms with Crippen molar-refractivity contribution in [2.24, 2.45) is 0 Å². The van der Waals surface area contributed by atoms with Gasteiger partial charge in [0.2, 0.25) is 0 Å². The first-order valence-corrected chi connectivity index (χ1v) is 3.69. The van der Waals surface area contributed by atoms with Crippen LogP contribution in [-0.2, 0) is 0 Å². The van der Waals surface area contributed by atoms with Crippen molar-refractivity contribution in [3.63, 3.8) is 0 Å². The first-order chi connectivity index (χ1) is 6.20. The molecule has 0 atom stereocenters. The maximum atomic E-state index is 11.1. The Labute approximate surface area is 70.8 Å². The quantitative estimate of drug-likeness (QED) is 0.554. The molecule has 0 bridgehead atoms. The molecule has 2 heteroatoms. The van der Waals surface area contributed by atoms with Crippen LogP contribution < -0.4 is 5.63 Å². The average Bonchev–Trinajstić information content (AvgIpc) is 2.15. The van der Waals surface area contributed by atoms with Crippen LogP contribution >= 0.6 is 0 Å². The molecular formula is C10H8O2. The van der Waals surface area contributed by atoms with Crippen LogP contribution in [0.3, 0.4) is 0 Å². The summed E-state index contributed by atoms with van der Waals surface area (Å²) in [6.07, 6.45) is 0. The molecule has 0 unspecified atom stereocenters. The summed E-state index contributed by atoms with van der Waals surface area (Å²) in [5, 5.41) is 0.826. The SMILES string of the molecule is [2H]c1c(C)c2ccccc2oc1=O. The first-order valence-electron chi connectivity index (χ1n) is 4.19. The van der Waals surface area contributed by atoms with E-state index in [9.17, 15) is 4.79 Å². The third-order valence-corrected chi connectivity index (χ3v) is 1.78. The van der Waals surface area contributed by atoms with Crippen LogP contribution in [-0.4, -0.2) is 0 Å². The lowest BCUT2D eigenvalue weighted by Gasteiger charge is -1.97. The van der Waals surface area contributed by atoms with Gasteiger partial charge in [-0.05, 0) is 18.6 Å². The molecule has 0 aliphatic rings. The van der Waals surface area contributed by atoms with Crippen LogP contribution in [0.4, 0.5) is 0 Å². The second-order valence-electron chi connectivity index (χ2n) is 2.64. The summed E-state index contributed by atoms with van der Waals surface area (Å²) in [6, 6.07) is 7.16. The molecule has 0 aliphatic carbocycles. The highest BCUT2D eigenvalue weighted by molar-refractivity contribution is 5.79. The number of hydrogen-bond acceptors (Lipinski definition) is 2. The van der Waals surface area contributed by atoms with Crippen molar-refractivity contribution in [1.29, 1.82) is 0 Å². The molecular weight excluding hydrogens is 152 g/mol. The molecule has 0 radical (unpaired) electrons. The van der Waals surface area contributed by atoms with Gasteiger partial charge >= 0.3 is 5.63 Å². The minimum Gasteiger partial charge on any atom is -0.423 e. The second-order valence-corrected chi connectivity index (χ2v) is 2.64. The molecule has 1 aromatic heterocycles. The van der Waals surface area contributed by atoms with Gasteiger partial charge < -0.3 is 4.42 Å². The van der Waals surface area contributed by atoms with Gasteiger partial charge in [0.05, 0.1) is 1.37 Å². The maximum Gasteiger partial charge on any atom is 0.336 e. The summed E-state index contributed by atoms with van der Waals surface area (Å²) in [5.74, 6) is 0. The van der Waals surface area contributed by atoms with Crippen LogP contribution in [0.15, 0.2) is 39.5 Å². The predicted octanol–water partition coefficient (Wildman–Crippen LogP) is 2.10. The highest BCUT2D eigenvalue weighted by Gasteiger charge is 1.98. The van der Waals surface area contributed by atoms with E-state index in [-0.39, 0.29) is 6.04 Å². The number of fused-ring (bicyclic) bond motifs is 1. The van der Waals surface area contributed by atoms with Gasteiger partial charge in [0, 0.05) is 11.4 Å². The molecule has 2 aromatic rings. The fourth-order valence-corrected chi connectivity index (χ4v) is 1.21. The van der Waals surface area contributed by atoms with E-state index in [1.54, 1.807) is 19.1 Å². The molecule has 0 spiro atoms. The summed E-state index contributed by atoms with van der Waals surface area (Å²) < 4.78 is 12.4. The zero-order chi connectivity index (χ0) is 9.42. The van der Waals surface area contributed by atoms with Crippen LogP contribution in [0.1, 0.15) is 6.93 Å². The maximum absolute atomic E-state index is 11.1. The molecule has 2 rings (SSSR count). The van der Waals surface area contributed by atoms with Crippen LogP contribution in [0.5, 0.6) is 0 Å². The Morgan fingerprint density at radius 3 is 3.00 bits per heavy atom. The van der Waals surface area contributed by atoms with E-state index < -0.39 is 5.63 Å². The largest absolute Gasteiger partial charge is 0.423 e. The second kappa shape index (κ2) is 2.48. The Kier molecular flexibility index (Phi) is 1.24. The van der Waals surface area contributed by atoms with Gasteiger partial charge in [0.1, 0.15) is 5.58 Å². The molecule has 2 nitrogen and oxygen atoms in total. The Morgan fingerprint density at radius 2 is 2.17 bits per heavy atom. The van der Waals surface area contributed by atoms with Gasteiger partial charge in [-0.15, -0.1) is 0 Å². The average molecular weight is 161 g/mol. The van der Waals surface area contributed by atoms with E-state index in [4.69, 9.17) is 5.79 Å². The smallest absolute Gasteiger partial charge is 0.336 e. The Morgan fingerprint density at radius 1 is 1.42 bits per heavy atom. The van der Waals surface area contributed by atoms with Crippen molar-refractivity contribution in [2.45, 2.75) is 6.92 Å². The lowest BCUT2D eigenvalue weighted by Crippen LogP contribution is -1.97. The number of aryl methyl sites for hydroxylation is 1. The molecule has 1 heterocycles. The molecule has 0 amide bonds. The number of hydrogen-bond donors (Lipinski definition) is 0. The van der Waals surface area contributed by atoms with Gasteiger partial charge in [-0.25, -0.2) is 4.79 Å². The zero-order valence-corrected chi connectivity index (χ0v) is 6.63. The first kappa shape index (κ1) is 6.00.